The van der Waals surface area contributed by atoms with Gasteiger partial charge < -0.3 is 14.8 Å². The topological polar surface area (TPSA) is 64.6 Å². The van der Waals surface area contributed by atoms with Crippen LogP contribution in [0.2, 0.25) is 0 Å². The molecule has 0 bridgehead atoms. The van der Waals surface area contributed by atoms with Gasteiger partial charge in [0.05, 0.1) is 5.92 Å². The highest BCUT2D eigenvalue weighted by Gasteiger charge is 2.37. The van der Waals surface area contributed by atoms with E-state index in [1.54, 1.807) is 0 Å². The quantitative estimate of drug-likeness (QED) is 0.774. The summed E-state index contributed by atoms with van der Waals surface area (Å²) in [5, 5.41) is 3.02. The molecule has 5 heteroatoms. The van der Waals surface area contributed by atoms with E-state index in [4.69, 9.17) is 9.47 Å². The van der Waals surface area contributed by atoms with Crippen LogP contribution in [0.5, 0.6) is 0 Å². The summed E-state index contributed by atoms with van der Waals surface area (Å²) in [6.07, 6.45) is 0.434. The average molecular weight is 271 g/mol. The molecule has 0 aromatic heterocycles. The van der Waals surface area contributed by atoms with Gasteiger partial charge in [0.2, 0.25) is 0 Å². The van der Waals surface area contributed by atoms with Crippen LogP contribution in [0.25, 0.3) is 0 Å². The number of nitrogens with one attached hydrogen (secondary N) is 1. The summed E-state index contributed by atoms with van der Waals surface area (Å²) in [4.78, 5) is 23.8. The van der Waals surface area contributed by atoms with Crippen LogP contribution in [-0.2, 0) is 19.1 Å². The summed E-state index contributed by atoms with van der Waals surface area (Å²) < 4.78 is 10.6. The zero-order valence-corrected chi connectivity index (χ0v) is 12.7. The molecule has 1 rings (SSSR count). The van der Waals surface area contributed by atoms with E-state index in [9.17, 15) is 9.59 Å². The van der Waals surface area contributed by atoms with Gasteiger partial charge >= 0.3 is 11.9 Å². The number of ether oxygens (including phenoxy) is 2. The fourth-order valence-electron chi connectivity index (χ4n) is 1.85. The van der Waals surface area contributed by atoms with Crippen molar-refractivity contribution in [1.29, 1.82) is 0 Å². The molecule has 1 fully saturated rings. The summed E-state index contributed by atoms with van der Waals surface area (Å²) in [6.45, 7) is 11.4. The Balaban J connectivity index is 2.50. The van der Waals surface area contributed by atoms with E-state index < -0.39 is 17.2 Å². The van der Waals surface area contributed by atoms with Crippen molar-refractivity contribution < 1.29 is 19.1 Å². The molecule has 1 aliphatic rings. The Hall–Kier alpha value is -1.10. The predicted octanol–water partition coefficient (Wildman–Crippen LogP) is 1.65. The standard InChI is InChI=1S/C14H25NO4/c1-13(2,3)18-11(16)9-7-10(15-8-9)12(17)19-14(4,5)6/h9-10,15H,7-8H2,1-6H3/t9?,10-/m0/s1. The number of hydrogen-bond acceptors (Lipinski definition) is 5. The predicted molar refractivity (Wildman–Crippen MR) is 71.6 cm³/mol. The van der Waals surface area contributed by atoms with Crippen LogP contribution in [0.15, 0.2) is 0 Å². The molecule has 1 aliphatic heterocycles. The van der Waals surface area contributed by atoms with Crippen LogP contribution in [-0.4, -0.2) is 35.7 Å². The van der Waals surface area contributed by atoms with Gasteiger partial charge in [-0.2, -0.15) is 0 Å². The van der Waals surface area contributed by atoms with Crippen molar-refractivity contribution in [1.82, 2.24) is 5.32 Å². The lowest BCUT2D eigenvalue weighted by molar-refractivity contribution is -0.159. The zero-order valence-electron chi connectivity index (χ0n) is 12.7. The first-order chi connectivity index (χ1) is 8.48. The first-order valence-corrected chi connectivity index (χ1v) is 6.67. The van der Waals surface area contributed by atoms with Gasteiger partial charge in [-0.05, 0) is 48.0 Å². The molecule has 2 atom stereocenters. The molecule has 5 nitrogen and oxygen atoms in total. The van der Waals surface area contributed by atoms with Crippen molar-refractivity contribution in [3.05, 3.63) is 0 Å². The SMILES string of the molecule is CC(C)(C)OC(=O)C1CN[C@H](C(=O)OC(C)(C)C)C1. The van der Waals surface area contributed by atoms with Gasteiger partial charge in [-0.3, -0.25) is 9.59 Å². The molecule has 0 saturated carbocycles. The lowest BCUT2D eigenvalue weighted by Crippen LogP contribution is -2.37. The van der Waals surface area contributed by atoms with E-state index in [-0.39, 0.29) is 17.9 Å². The number of carbonyl (C=O) groups is 2. The second kappa shape index (κ2) is 5.49. The van der Waals surface area contributed by atoms with Gasteiger partial charge in [-0.1, -0.05) is 0 Å². The molecule has 0 radical (unpaired) electrons. The molecular formula is C14H25NO4. The zero-order chi connectivity index (χ0) is 14.8. The summed E-state index contributed by atoms with van der Waals surface area (Å²) in [6, 6.07) is -0.420. The van der Waals surface area contributed by atoms with Crippen LogP contribution < -0.4 is 5.32 Å². The van der Waals surface area contributed by atoms with Crippen LogP contribution in [0, 0.1) is 5.92 Å². The monoisotopic (exact) mass is 271 g/mol. The number of hydrogen-bond donors (Lipinski definition) is 1. The molecule has 0 amide bonds. The highest BCUT2D eigenvalue weighted by Crippen LogP contribution is 2.21. The molecule has 110 valence electrons. The maximum Gasteiger partial charge on any atom is 0.323 e. The maximum atomic E-state index is 11.9. The van der Waals surface area contributed by atoms with Crippen molar-refractivity contribution in [2.24, 2.45) is 5.92 Å². The normalized spacial score (nSPS) is 24.1. The Bertz CT molecular complexity index is 317. The minimum absolute atomic E-state index is 0.258. The molecule has 0 aromatic carbocycles. The average Bonchev–Trinajstić information content (AvgIpc) is 2.60. The highest BCUT2D eigenvalue weighted by molar-refractivity contribution is 5.80. The van der Waals surface area contributed by atoms with Crippen molar-refractivity contribution >= 4 is 11.9 Å². The maximum absolute atomic E-state index is 11.9. The lowest BCUT2D eigenvalue weighted by Gasteiger charge is -2.22. The number of esters is 2. The minimum atomic E-state index is -0.511. The third-order valence-corrected chi connectivity index (χ3v) is 2.56. The minimum Gasteiger partial charge on any atom is -0.460 e. The first-order valence-electron chi connectivity index (χ1n) is 6.67. The Labute approximate surface area is 115 Å². The van der Waals surface area contributed by atoms with Crippen LogP contribution in [0.3, 0.4) is 0 Å². The fourth-order valence-corrected chi connectivity index (χ4v) is 1.85. The molecule has 1 heterocycles. The molecule has 1 N–H and O–H groups in total. The van der Waals surface area contributed by atoms with Crippen molar-refractivity contribution in [3.63, 3.8) is 0 Å². The molecule has 0 aromatic rings. The second-order valence-corrected chi connectivity index (χ2v) is 6.96. The van der Waals surface area contributed by atoms with Crippen LogP contribution in [0.4, 0.5) is 0 Å². The molecule has 0 aliphatic carbocycles. The number of rotatable bonds is 2. The van der Waals surface area contributed by atoms with Crippen LogP contribution in [0.1, 0.15) is 48.0 Å². The summed E-state index contributed by atoms with van der Waals surface area (Å²) in [7, 11) is 0. The molecular weight excluding hydrogens is 246 g/mol. The van der Waals surface area contributed by atoms with E-state index in [1.807, 2.05) is 41.5 Å². The Morgan fingerprint density at radius 1 is 0.947 bits per heavy atom. The fraction of sp³-hybridized carbons (Fsp3) is 0.857. The Morgan fingerprint density at radius 3 is 1.89 bits per heavy atom. The molecule has 0 spiro atoms. The Kier molecular flexibility index (Phi) is 4.61. The third kappa shape index (κ3) is 5.59. The summed E-state index contributed by atoms with van der Waals surface area (Å²) in [5.74, 6) is -0.846. The van der Waals surface area contributed by atoms with Gasteiger partial charge in [0.1, 0.15) is 17.2 Å². The van der Waals surface area contributed by atoms with E-state index in [1.165, 1.54) is 0 Å². The summed E-state index contributed by atoms with van der Waals surface area (Å²) >= 11 is 0. The van der Waals surface area contributed by atoms with E-state index in [2.05, 4.69) is 5.32 Å². The van der Waals surface area contributed by atoms with Gasteiger partial charge in [-0.15, -0.1) is 0 Å². The van der Waals surface area contributed by atoms with Crippen molar-refractivity contribution in [3.8, 4) is 0 Å². The molecule has 1 saturated heterocycles. The van der Waals surface area contributed by atoms with Crippen LogP contribution >= 0.6 is 0 Å². The third-order valence-electron chi connectivity index (χ3n) is 2.56. The van der Waals surface area contributed by atoms with Crippen molar-refractivity contribution in [2.45, 2.75) is 65.2 Å². The number of carbonyl (C=O) groups excluding carboxylic acids is 2. The van der Waals surface area contributed by atoms with E-state index >= 15 is 0 Å². The van der Waals surface area contributed by atoms with Gasteiger partial charge in [-0.25, -0.2) is 0 Å². The van der Waals surface area contributed by atoms with E-state index in [0.717, 1.165) is 0 Å². The van der Waals surface area contributed by atoms with E-state index in [0.29, 0.717) is 13.0 Å². The largest absolute Gasteiger partial charge is 0.460 e. The van der Waals surface area contributed by atoms with Gasteiger partial charge in [0.25, 0.3) is 0 Å². The Morgan fingerprint density at radius 2 is 1.42 bits per heavy atom. The molecule has 1 unspecified atom stereocenters. The van der Waals surface area contributed by atoms with Gasteiger partial charge in [0.15, 0.2) is 0 Å². The van der Waals surface area contributed by atoms with Crippen molar-refractivity contribution in [2.75, 3.05) is 6.54 Å². The summed E-state index contributed by atoms with van der Waals surface area (Å²) in [5.41, 5.74) is -1.01. The second-order valence-electron chi connectivity index (χ2n) is 6.96. The lowest BCUT2D eigenvalue weighted by atomic mass is 10.1. The first kappa shape index (κ1) is 16.0. The molecule has 19 heavy (non-hydrogen) atoms. The smallest absolute Gasteiger partial charge is 0.323 e. The highest BCUT2D eigenvalue weighted by atomic mass is 16.6. The van der Waals surface area contributed by atoms with Gasteiger partial charge in [0, 0.05) is 6.54 Å².